The molecule has 1 saturated heterocycles. The molecule has 0 radical (unpaired) electrons. The van der Waals surface area contributed by atoms with Crippen LogP contribution in [-0.2, 0) is 9.47 Å². The van der Waals surface area contributed by atoms with Crippen LogP contribution in [0.2, 0.25) is 0 Å². The number of aliphatic hydroxyl groups is 6. The van der Waals surface area contributed by atoms with Crippen molar-refractivity contribution in [3.05, 3.63) is 23.3 Å². The molecular formula is C36H60O8. The van der Waals surface area contributed by atoms with Crippen LogP contribution in [0.5, 0.6) is 0 Å². The molecule has 0 aromatic heterocycles. The van der Waals surface area contributed by atoms with Crippen LogP contribution in [0.3, 0.4) is 0 Å². The molecule has 4 fully saturated rings. The second-order valence-corrected chi connectivity index (χ2v) is 16.8. The van der Waals surface area contributed by atoms with Gasteiger partial charge in [-0.1, -0.05) is 64.8 Å². The van der Waals surface area contributed by atoms with Gasteiger partial charge in [0.2, 0.25) is 0 Å². The van der Waals surface area contributed by atoms with Gasteiger partial charge in [0.05, 0.1) is 24.9 Å². The average Bonchev–Trinajstić information content (AvgIpc) is 3.21. The summed E-state index contributed by atoms with van der Waals surface area (Å²) in [4.78, 5) is 0. The molecule has 8 nitrogen and oxygen atoms in total. The van der Waals surface area contributed by atoms with Gasteiger partial charge < -0.3 is 40.1 Å². The Balaban J connectivity index is 1.56. The number of hydrogen-bond donors (Lipinski definition) is 6. The van der Waals surface area contributed by atoms with Gasteiger partial charge in [0.1, 0.15) is 24.4 Å². The second kappa shape index (κ2) is 12.0. The standard InChI is InChI=1S/C36H60O8/c1-19(2)15-21(38)16-20(3)22-11-12-36(8)31-25(43-32-30(42)29(41)28(40)26(18-37)44-32)17-24-23(9-10-27(39)33(24,4)5)34(31,6)13-14-35(22,36)7/h15,17,20-23,25-32,37-42H,9-14,16,18H2,1-8H3/t20-,21+,22-,23-,25+,26+,27+,28+,29-,30+,31-,32+,34+,35-,36+/m1/s1. The Morgan fingerprint density at radius 1 is 0.955 bits per heavy atom. The van der Waals surface area contributed by atoms with E-state index >= 15 is 0 Å². The summed E-state index contributed by atoms with van der Waals surface area (Å²) >= 11 is 0. The Hall–Kier alpha value is -0.840. The van der Waals surface area contributed by atoms with Crippen molar-refractivity contribution in [2.75, 3.05) is 6.61 Å². The minimum atomic E-state index is -1.51. The molecule has 6 N–H and O–H groups in total. The largest absolute Gasteiger partial charge is 0.394 e. The summed E-state index contributed by atoms with van der Waals surface area (Å²) in [6, 6.07) is 0. The van der Waals surface area contributed by atoms with Crippen molar-refractivity contribution in [3.8, 4) is 0 Å². The van der Waals surface area contributed by atoms with Crippen LogP contribution in [0.1, 0.15) is 100 Å². The van der Waals surface area contributed by atoms with Crippen molar-refractivity contribution >= 4 is 0 Å². The molecule has 0 amide bonds. The maximum absolute atomic E-state index is 11.1. The summed E-state index contributed by atoms with van der Waals surface area (Å²) in [7, 11) is 0. The van der Waals surface area contributed by atoms with E-state index in [1.54, 1.807) is 0 Å². The van der Waals surface area contributed by atoms with Crippen LogP contribution in [0, 0.1) is 45.3 Å². The highest BCUT2D eigenvalue weighted by molar-refractivity contribution is 5.33. The Bertz CT molecular complexity index is 1110. The van der Waals surface area contributed by atoms with Crippen LogP contribution in [0.15, 0.2) is 23.3 Å². The number of aliphatic hydroxyl groups excluding tert-OH is 6. The number of rotatable bonds is 7. The first-order chi connectivity index (χ1) is 20.4. The highest BCUT2D eigenvalue weighted by Crippen LogP contribution is 2.75. The van der Waals surface area contributed by atoms with Crippen molar-refractivity contribution in [1.29, 1.82) is 0 Å². The molecule has 0 unspecified atom stereocenters. The molecule has 0 bridgehead atoms. The molecule has 1 heterocycles. The predicted octanol–water partition coefficient (Wildman–Crippen LogP) is 4.10. The van der Waals surface area contributed by atoms with Crippen molar-refractivity contribution in [2.24, 2.45) is 45.3 Å². The minimum absolute atomic E-state index is 0.00663. The van der Waals surface area contributed by atoms with Gasteiger partial charge in [-0.2, -0.15) is 0 Å². The van der Waals surface area contributed by atoms with Crippen LogP contribution in [0.4, 0.5) is 0 Å². The Kier molecular flexibility index (Phi) is 9.40. The van der Waals surface area contributed by atoms with E-state index in [1.165, 1.54) is 5.57 Å². The zero-order chi connectivity index (χ0) is 32.6. The predicted molar refractivity (Wildman–Crippen MR) is 168 cm³/mol. The molecule has 0 aromatic carbocycles. The monoisotopic (exact) mass is 620 g/mol. The first kappa shape index (κ1) is 34.5. The van der Waals surface area contributed by atoms with Crippen LogP contribution >= 0.6 is 0 Å². The lowest BCUT2D eigenvalue weighted by Gasteiger charge is -2.67. The first-order valence-electron chi connectivity index (χ1n) is 17.1. The quantitative estimate of drug-likeness (QED) is 0.234. The van der Waals surface area contributed by atoms with Gasteiger partial charge in [0.25, 0.3) is 0 Å². The van der Waals surface area contributed by atoms with Gasteiger partial charge in [-0.25, -0.2) is 0 Å². The molecule has 0 aromatic rings. The molecule has 8 heteroatoms. The van der Waals surface area contributed by atoms with Crippen molar-refractivity contribution < 1.29 is 40.1 Å². The SMILES string of the molecule is CC(C)=C[C@H](O)C[C@@H](C)[C@H]1CC[C@@]2(C)[C@@H]3[C@@H](O[C@H]4O[C@@H](CO)[C@H](O)[C@@H](O)[C@@H]4O)C=C4[C@@H](CC[C@H](O)C4(C)C)[C@]3(C)CC[C@]12C. The van der Waals surface area contributed by atoms with E-state index in [2.05, 4.69) is 47.6 Å². The molecule has 44 heavy (non-hydrogen) atoms. The third-order valence-electron chi connectivity index (χ3n) is 13.8. The van der Waals surface area contributed by atoms with E-state index in [0.717, 1.165) is 50.5 Å². The molecule has 252 valence electrons. The van der Waals surface area contributed by atoms with E-state index in [0.29, 0.717) is 11.8 Å². The molecule has 3 saturated carbocycles. The summed E-state index contributed by atoms with van der Waals surface area (Å²) < 4.78 is 12.7. The van der Waals surface area contributed by atoms with Gasteiger partial charge in [0, 0.05) is 11.3 Å². The summed E-state index contributed by atoms with van der Waals surface area (Å²) in [5, 5.41) is 63.9. The summed E-state index contributed by atoms with van der Waals surface area (Å²) in [6.45, 7) is 17.4. The molecule has 5 rings (SSSR count). The average molecular weight is 621 g/mol. The Morgan fingerprint density at radius 3 is 2.27 bits per heavy atom. The van der Waals surface area contributed by atoms with Gasteiger partial charge in [0.15, 0.2) is 6.29 Å². The van der Waals surface area contributed by atoms with Crippen LogP contribution < -0.4 is 0 Å². The zero-order valence-electron chi connectivity index (χ0n) is 28.2. The van der Waals surface area contributed by atoms with Gasteiger partial charge in [-0.15, -0.1) is 0 Å². The first-order valence-corrected chi connectivity index (χ1v) is 17.1. The van der Waals surface area contributed by atoms with Crippen molar-refractivity contribution in [1.82, 2.24) is 0 Å². The lowest BCUT2D eigenvalue weighted by molar-refractivity contribution is -0.322. The smallest absolute Gasteiger partial charge is 0.187 e. The number of hydrogen-bond acceptors (Lipinski definition) is 8. The number of allylic oxidation sites excluding steroid dienone is 1. The fourth-order valence-corrected chi connectivity index (χ4v) is 11.1. The lowest BCUT2D eigenvalue weighted by atomic mass is 9.38. The van der Waals surface area contributed by atoms with E-state index in [9.17, 15) is 30.6 Å². The Morgan fingerprint density at radius 2 is 1.64 bits per heavy atom. The normalized spacial score (nSPS) is 49.6. The fraction of sp³-hybridized carbons (Fsp3) is 0.889. The van der Waals surface area contributed by atoms with E-state index in [-0.39, 0.29) is 28.1 Å². The molecule has 5 aliphatic rings. The number of ether oxygens (including phenoxy) is 2. The molecule has 15 atom stereocenters. The van der Waals surface area contributed by atoms with E-state index in [4.69, 9.17) is 9.47 Å². The Labute approximate surface area is 264 Å². The maximum atomic E-state index is 11.1. The van der Waals surface area contributed by atoms with Crippen LogP contribution in [-0.4, -0.2) is 86.3 Å². The van der Waals surface area contributed by atoms with Crippen molar-refractivity contribution in [2.45, 2.75) is 149 Å². The third-order valence-corrected chi connectivity index (χ3v) is 13.8. The maximum Gasteiger partial charge on any atom is 0.187 e. The third kappa shape index (κ3) is 5.28. The highest BCUT2D eigenvalue weighted by atomic mass is 16.7. The number of fused-ring (bicyclic) bond motifs is 5. The summed E-state index contributed by atoms with van der Waals surface area (Å²) in [5.41, 5.74) is 1.62. The van der Waals surface area contributed by atoms with Gasteiger partial charge in [-0.05, 0) is 92.8 Å². The molecule has 4 aliphatic carbocycles. The topological polar surface area (TPSA) is 140 Å². The lowest BCUT2D eigenvalue weighted by Crippen LogP contribution is -2.65. The van der Waals surface area contributed by atoms with Crippen molar-refractivity contribution in [3.63, 3.8) is 0 Å². The zero-order valence-corrected chi connectivity index (χ0v) is 28.2. The minimum Gasteiger partial charge on any atom is -0.394 e. The van der Waals surface area contributed by atoms with Gasteiger partial charge in [-0.3, -0.25) is 0 Å². The van der Waals surface area contributed by atoms with Gasteiger partial charge >= 0.3 is 0 Å². The van der Waals surface area contributed by atoms with E-state index in [1.807, 2.05) is 19.9 Å². The van der Waals surface area contributed by atoms with E-state index < -0.39 is 61.0 Å². The molecule has 1 aliphatic heterocycles. The second-order valence-electron chi connectivity index (χ2n) is 16.8. The molecular weight excluding hydrogens is 560 g/mol. The summed E-state index contributed by atoms with van der Waals surface area (Å²) in [5.74, 6) is 1.12. The molecule has 0 spiro atoms. The van der Waals surface area contributed by atoms with Crippen LogP contribution in [0.25, 0.3) is 0 Å². The highest BCUT2D eigenvalue weighted by Gasteiger charge is 2.70. The summed E-state index contributed by atoms with van der Waals surface area (Å²) in [6.07, 6.45) is 2.64. The fourth-order valence-electron chi connectivity index (χ4n) is 11.1.